The van der Waals surface area contributed by atoms with Gasteiger partial charge in [0.15, 0.2) is 0 Å². The second kappa shape index (κ2) is 11.6. The van der Waals surface area contributed by atoms with Crippen LogP contribution in [-0.4, -0.2) is 81.1 Å². The van der Waals surface area contributed by atoms with Crippen LogP contribution in [0.2, 0.25) is 0 Å². The van der Waals surface area contributed by atoms with Gasteiger partial charge < -0.3 is 32.3 Å². The summed E-state index contributed by atoms with van der Waals surface area (Å²) in [4.78, 5) is 45.0. The fourth-order valence-electron chi connectivity index (χ4n) is 4.99. The van der Waals surface area contributed by atoms with E-state index in [0.717, 1.165) is 24.8 Å². The second-order valence-corrected chi connectivity index (χ2v) is 10.9. The maximum absolute atomic E-state index is 12.7. The molecule has 0 spiro atoms. The number of nitrogens with zero attached hydrogens (tertiary/aromatic N) is 4. The zero-order valence-electron chi connectivity index (χ0n) is 22.1. The van der Waals surface area contributed by atoms with Crippen molar-refractivity contribution < 1.29 is 9.59 Å². The van der Waals surface area contributed by atoms with Crippen molar-refractivity contribution in [1.82, 2.24) is 24.7 Å². The Balaban J connectivity index is 1.30. The van der Waals surface area contributed by atoms with E-state index < -0.39 is 11.2 Å². The molecule has 2 heterocycles. The molecule has 0 radical (unpaired) electrons. The molecule has 1 saturated heterocycles. The number of rotatable bonds is 6. The lowest BCUT2D eigenvalue weighted by Gasteiger charge is -2.37. The highest BCUT2D eigenvalue weighted by molar-refractivity contribution is 5.89. The summed E-state index contributed by atoms with van der Waals surface area (Å²) in [6.45, 7) is 5.55. The van der Waals surface area contributed by atoms with Crippen molar-refractivity contribution in [3.8, 4) is 5.69 Å². The van der Waals surface area contributed by atoms with Gasteiger partial charge in [0.2, 0.25) is 5.91 Å². The lowest BCUT2D eigenvalue weighted by atomic mass is 9.88. The monoisotopic (exact) mass is 525 g/mol. The smallest absolute Gasteiger partial charge is 0.338 e. The number of piperazine rings is 1. The van der Waals surface area contributed by atoms with E-state index in [2.05, 4.69) is 15.6 Å². The zero-order chi connectivity index (χ0) is 27.4. The predicted octanol–water partition coefficient (Wildman–Crippen LogP) is -0.0574. The summed E-state index contributed by atoms with van der Waals surface area (Å²) < 4.78 is 1.42. The van der Waals surface area contributed by atoms with Crippen LogP contribution in [0.15, 0.2) is 41.3 Å². The Labute approximate surface area is 222 Å². The molecule has 1 aromatic heterocycles. The van der Waals surface area contributed by atoms with E-state index in [1.54, 1.807) is 35.9 Å². The van der Waals surface area contributed by atoms with Gasteiger partial charge in [-0.25, -0.2) is 9.59 Å². The number of hydrogen-bond acceptors (Lipinski definition) is 8. The summed E-state index contributed by atoms with van der Waals surface area (Å²) in [6, 6.07) is 9.43. The van der Waals surface area contributed by atoms with Crippen LogP contribution in [0.25, 0.3) is 5.69 Å². The molecule has 0 bridgehead atoms. The molecule has 12 heteroatoms. The van der Waals surface area contributed by atoms with Crippen LogP contribution >= 0.6 is 0 Å². The first-order chi connectivity index (χ1) is 18.0. The summed E-state index contributed by atoms with van der Waals surface area (Å²) in [5.74, 6) is 0.0217. The highest BCUT2D eigenvalue weighted by atomic mass is 16.2. The third-order valence-electron chi connectivity index (χ3n) is 7.03. The number of benzene rings is 1. The van der Waals surface area contributed by atoms with Crippen LogP contribution in [-0.2, 0) is 11.3 Å². The van der Waals surface area contributed by atoms with E-state index in [4.69, 9.17) is 17.2 Å². The van der Waals surface area contributed by atoms with Gasteiger partial charge in [0.25, 0.3) is 0 Å². The topological polar surface area (TPSA) is 178 Å². The molecule has 2 atom stereocenters. The molecule has 4 rings (SSSR count). The maximum Gasteiger partial charge on any atom is 0.354 e. The van der Waals surface area contributed by atoms with E-state index in [1.165, 1.54) is 4.57 Å². The molecular formula is C26H39N9O3. The highest BCUT2D eigenvalue weighted by Crippen LogP contribution is 2.17. The number of carbonyl (C=O) groups is 2. The molecule has 2 aromatic rings. The third kappa shape index (κ3) is 6.95. The quantitative estimate of drug-likeness (QED) is 0.348. The number of aromatic nitrogens is 2. The normalized spacial score (nSPS) is 22.3. The number of carbonyl (C=O) groups excluding carboxylic acids is 2. The first kappa shape index (κ1) is 27.7. The number of nitrogens with one attached hydrogen (secondary N) is 2. The van der Waals surface area contributed by atoms with Crippen LogP contribution in [0.4, 0.5) is 10.6 Å². The van der Waals surface area contributed by atoms with Gasteiger partial charge >= 0.3 is 11.7 Å². The number of anilines is 1. The Morgan fingerprint density at radius 1 is 0.974 bits per heavy atom. The fourth-order valence-corrected chi connectivity index (χ4v) is 4.99. The van der Waals surface area contributed by atoms with Crippen molar-refractivity contribution in [2.45, 2.75) is 63.3 Å². The minimum Gasteiger partial charge on any atom is -0.338 e. The molecule has 2 fully saturated rings. The van der Waals surface area contributed by atoms with Gasteiger partial charge in [-0.1, -0.05) is 12.1 Å². The van der Waals surface area contributed by atoms with Crippen molar-refractivity contribution in [2.75, 3.05) is 31.5 Å². The van der Waals surface area contributed by atoms with Crippen molar-refractivity contribution in [3.05, 3.63) is 52.6 Å². The molecule has 12 nitrogen and oxygen atoms in total. The van der Waals surface area contributed by atoms with Gasteiger partial charge in [0.05, 0.1) is 11.2 Å². The molecule has 206 valence electrons. The predicted molar refractivity (Wildman–Crippen MR) is 146 cm³/mol. The van der Waals surface area contributed by atoms with Crippen molar-refractivity contribution >= 4 is 17.8 Å². The van der Waals surface area contributed by atoms with E-state index in [0.29, 0.717) is 44.5 Å². The third-order valence-corrected chi connectivity index (χ3v) is 7.03. The van der Waals surface area contributed by atoms with Gasteiger partial charge in [-0.15, -0.1) is 0 Å². The number of amides is 3. The Bertz CT molecular complexity index is 1170. The van der Waals surface area contributed by atoms with Gasteiger partial charge in [0, 0.05) is 57.0 Å². The number of hydrogen-bond donors (Lipinski definition) is 5. The highest BCUT2D eigenvalue weighted by Gasteiger charge is 2.31. The molecule has 1 saturated carbocycles. The van der Waals surface area contributed by atoms with Gasteiger partial charge in [-0.05, 0) is 56.9 Å². The molecule has 1 aliphatic heterocycles. The summed E-state index contributed by atoms with van der Waals surface area (Å²) in [7, 11) is 0. The van der Waals surface area contributed by atoms with Crippen LogP contribution in [0, 0.1) is 0 Å². The lowest BCUT2D eigenvalue weighted by molar-refractivity contribution is -0.137. The average molecular weight is 526 g/mol. The van der Waals surface area contributed by atoms with Gasteiger partial charge in [0.1, 0.15) is 5.82 Å². The van der Waals surface area contributed by atoms with E-state index >= 15 is 0 Å². The molecule has 1 aromatic carbocycles. The van der Waals surface area contributed by atoms with E-state index in [1.807, 2.05) is 24.3 Å². The standard InChI is InChI=1S/C26H39N9O3/c1-26(2,29)23(36)33-9-11-34(12-10-33)24(37)31-22-7-8-35(25(38)32-22)21-5-3-17(4-6-21)16-30-20-14-18(27)13-19(28)15-20/h3-8,18-20,30H,9-16,27-29H2,1-2H3,(H,31,32,37,38). The molecule has 8 N–H and O–H groups in total. The largest absolute Gasteiger partial charge is 0.354 e. The minimum absolute atomic E-state index is 0.135. The summed E-state index contributed by atoms with van der Waals surface area (Å²) in [5, 5.41) is 6.20. The molecule has 3 amide bonds. The van der Waals surface area contributed by atoms with Crippen LogP contribution in [0.3, 0.4) is 0 Å². The molecule has 2 aliphatic rings. The summed E-state index contributed by atoms with van der Waals surface area (Å²) in [6.07, 6.45) is 4.28. The SMILES string of the molecule is CC(C)(N)C(=O)N1CCN(C(=O)Nc2ccn(-c3ccc(CNC4CC(N)CC(N)C4)cc3)c(=O)n2)CC1. The fraction of sp³-hybridized carbons (Fsp3) is 0.538. The van der Waals surface area contributed by atoms with Crippen LogP contribution in [0.1, 0.15) is 38.7 Å². The Kier molecular flexibility index (Phi) is 8.46. The number of urea groups is 1. The zero-order valence-corrected chi connectivity index (χ0v) is 22.1. The first-order valence-corrected chi connectivity index (χ1v) is 13.1. The van der Waals surface area contributed by atoms with E-state index in [-0.39, 0.29) is 29.8 Å². The second-order valence-electron chi connectivity index (χ2n) is 10.9. The van der Waals surface area contributed by atoms with Gasteiger partial charge in [-0.2, -0.15) is 4.98 Å². The van der Waals surface area contributed by atoms with Crippen LogP contribution in [0.5, 0.6) is 0 Å². The van der Waals surface area contributed by atoms with Crippen molar-refractivity contribution in [2.24, 2.45) is 17.2 Å². The summed E-state index contributed by atoms with van der Waals surface area (Å²) in [5.41, 5.74) is 18.4. The van der Waals surface area contributed by atoms with Crippen LogP contribution < -0.4 is 33.5 Å². The Hall–Kier alpha value is -3.32. The lowest BCUT2D eigenvalue weighted by Crippen LogP contribution is -2.58. The maximum atomic E-state index is 12.7. The molecular weight excluding hydrogens is 486 g/mol. The van der Waals surface area contributed by atoms with Gasteiger partial charge in [-0.3, -0.25) is 14.7 Å². The van der Waals surface area contributed by atoms with Crippen molar-refractivity contribution in [3.63, 3.8) is 0 Å². The molecule has 38 heavy (non-hydrogen) atoms. The Morgan fingerprint density at radius 2 is 1.58 bits per heavy atom. The molecule has 2 unspecified atom stereocenters. The average Bonchev–Trinajstić information content (AvgIpc) is 2.86. The van der Waals surface area contributed by atoms with E-state index in [9.17, 15) is 14.4 Å². The number of nitrogens with two attached hydrogens (primary N) is 3. The van der Waals surface area contributed by atoms with Crippen molar-refractivity contribution in [1.29, 1.82) is 0 Å². The first-order valence-electron chi connectivity index (χ1n) is 13.1. The summed E-state index contributed by atoms with van der Waals surface area (Å²) >= 11 is 0. The minimum atomic E-state index is -0.951. The molecule has 1 aliphatic carbocycles. The Morgan fingerprint density at radius 3 is 2.16 bits per heavy atom.